The molecule has 150 valence electrons. The first-order chi connectivity index (χ1) is 13.9. The van der Waals surface area contributed by atoms with E-state index >= 15 is 0 Å². The third-order valence-electron chi connectivity index (χ3n) is 4.21. The lowest BCUT2D eigenvalue weighted by Crippen LogP contribution is -2.16. The van der Waals surface area contributed by atoms with E-state index < -0.39 is 11.7 Å². The Kier molecular flexibility index (Phi) is 6.56. The second-order valence-corrected chi connectivity index (χ2v) is 6.83. The lowest BCUT2D eigenvalue weighted by molar-refractivity contribution is -0.116. The Balaban J connectivity index is 1.63. The van der Waals surface area contributed by atoms with Gasteiger partial charge in [-0.3, -0.25) is 14.3 Å². The zero-order valence-electron chi connectivity index (χ0n) is 15.7. The third-order valence-corrected chi connectivity index (χ3v) is 4.54. The minimum atomic E-state index is -0.507. The monoisotopic (exact) mass is 415 g/mol. The van der Waals surface area contributed by atoms with Gasteiger partial charge in [-0.1, -0.05) is 17.7 Å². The SMILES string of the molecule is Cc1ccc(C(=O)Nc2cc(F)ccc2Cl)cc1NC(=O)CCCn1cncn1. The molecule has 0 aliphatic rings. The van der Waals surface area contributed by atoms with Gasteiger partial charge >= 0.3 is 0 Å². The van der Waals surface area contributed by atoms with Gasteiger partial charge in [0.15, 0.2) is 0 Å². The summed E-state index contributed by atoms with van der Waals surface area (Å²) in [6, 6.07) is 8.65. The second-order valence-electron chi connectivity index (χ2n) is 6.42. The molecule has 2 N–H and O–H groups in total. The molecule has 0 spiro atoms. The molecule has 0 radical (unpaired) electrons. The van der Waals surface area contributed by atoms with Gasteiger partial charge in [-0.2, -0.15) is 5.10 Å². The van der Waals surface area contributed by atoms with Crippen LogP contribution in [0.3, 0.4) is 0 Å². The number of anilines is 2. The maximum atomic E-state index is 13.4. The lowest BCUT2D eigenvalue weighted by Gasteiger charge is -2.12. The zero-order chi connectivity index (χ0) is 20.8. The number of nitrogens with zero attached hydrogens (tertiary/aromatic N) is 3. The molecule has 3 rings (SSSR count). The predicted molar refractivity (Wildman–Crippen MR) is 108 cm³/mol. The van der Waals surface area contributed by atoms with Crippen LogP contribution in [0.4, 0.5) is 15.8 Å². The molecule has 29 heavy (non-hydrogen) atoms. The van der Waals surface area contributed by atoms with Gasteiger partial charge in [0.2, 0.25) is 5.91 Å². The van der Waals surface area contributed by atoms with Crippen LogP contribution >= 0.6 is 11.6 Å². The van der Waals surface area contributed by atoms with Crippen molar-refractivity contribution in [2.24, 2.45) is 0 Å². The fourth-order valence-corrected chi connectivity index (χ4v) is 2.81. The van der Waals surface area contributed by atoms with Gasteiger partial charge in [-0.05, 0) is 49.2 Å². The van der Waals surface area contributed by atoms with Crippen LogP contribution in [0.5, 0.6) is 0 Å². The Morgan fingerprint density at radius 1 is 1.14 bits per heavy atom. The quantitative estimate of drug-likeness (QED) is 0.609. The molecular weight excluding hydrogens is 397 g/mol. The molecule has 2 aromatic carbocycles. The van der Waals surface area contributed by atoms with Crippen molar-refractivity contribution in [3.05, 3.63) is 71.0 Å². The molecule has 0 aliphatic carbocycles. The molecule has 0 atom stereocenters. The molecule has 2 amide bonds. The van der Waals surface area contributed by atoms with E-state index in [1.165, 1.54) is 18.5 Å². The fraction of sp³-hybridized carbons (Fsp3) is 0.200. The summed E-state index contributed by atoms with van der Waals surface area (Å²) in [4.78, 5) is 28.6. The summed E-state index contributed by atoms with van der Waals surface area (Å²) in [6.45, 7) is 2.42. The van der Waals surface area contributed by atoms with E-state index in [1.807, 2.05) is 6.92 Å². The molecule has 7 nitrogen and oxygen atoms in total. The minimum Gasteiger partial charge on any atom is -0.326 e. The summed E-state index contributed by atoms with van der Waals surface area (Å²) in [7, 11) is 0. The normalized spacial score (nSPS) is 10.6. The number of halogens is 2. The number of carbonyl (C=O) groups excluding carboxylic acids is 2. The van der Waals surface area contributed by atoms with E-state index in [1.54, 1.807) is 29.2 Å². The smallest absolute Gasteiger partial charge is 0.255 e. The van der Waals surface area contributed by atoms with Gasteiger partial charge in [0, 0.05) is 24.2 Å². The number of carbonyl (C=O) groups is 2. The Morgan fingerprint density at radius 3 is 2.72 bits per heavy atom. The number of rotatable bonds is 7. The van der Waals surface area contributed by atoms with Gasteiger partial charge in [0.1, 0.15) is 18.5 Å². The van der Waals surface area contributed by atoms with Gasteiger partial charge in [0.25, 0.3) is 5.91 Å². The van der Waals surface area contributed by atoms with Crippen LogP contribution in [0.1, 0.15) is 28.8 Å². The topological polar surface area (TPSA) is 88.9 Å². The number of hydrogen-bond acceptors (Lipinski definition) is 4. The summed E-state index contributed by atoms with van der Waals surface area (Å²) in [5, 5.41) is 9.61. The highest BCUT2D eigenvalue weighted by Crippen LogP contribution is 2.24. The summed E-state index contributed by atoms with van der Waals surface area (Å²) in [6.07, 6.45) is 3.94. The van der Waals surface area contributed by atoms with Crippen molar-refractivity contribution in [2.45, 2.75) is 26.3 Å². The molecular formula is C20H19ClFN5O2. The molecule has 9 heteroatoms. The van der Waals surface area contributed by atoms with Gasteiger partial charge in [0.05, 0.1) is 10.7 Å². The first-order valence-electron chi connectivity index (χ1n) is 8.91. The number of aromatic nitrogens is 3. The largest absolute Gasteiger partial charge is 0.326 e. The highest BCUT2D eigenvalue weighted by Gasteiger charge is 2.12. The molecule has 0 aliphatic heterocycles. The van der Waals surface area contributed by atoms with E-state index in [4.69, 9.17) is 11.6 Å². The summed E-state index contributed by atoms with van der Waals surface area (Å²) in [5.41, 5.74) is 1.84. The second kappa shape index (κ2) is 9.29. The van der Waals surface area contributed by atoms with Crippen molar-refractivity contribution in [1.82, 2.24) is 14.8 Å². The first-order valence-corrected chi connectivity index (χ1v) is 9.29. The van der Waals surface area contributed by atoms with Crippen molar-refractivity contribution in [2.75, 3.05) is 10.6 Å². The van der Waals surface area contributed by atoms with Crippen molar-refractivity contribution in [3.63, 3.8) is 0 Å². The number of hydrogen-bond donors (Lipinski definition) is 2. The highest BCUT2D eigenvalue weighted by atomic mass is 35.5. The molecule has 0 unspecified atom stereocenters. The number of benzene rings is 2. The molecule has 1 heterocycles. The van der Waals surface area contributed by atoms with Crippen LogP contribution in [-0.2, 0) is 11.3 Å². The maximum absolute atomic E-state index is 13.4. The van der Waals surface area contributed by atoms with Crippen molar-refractivity contribution >= 4 is 34.8 Å². The van der Waals surface area contributed by atoms with Gasteiger partial charge in [-0.25, -0.2) is 9.37 Å². The summed E-state index contributed by atoms with van der Waals surface area (Å²) >= 11 is 5.99. The van der Waals surface area contributed by atoms with Crippen LogP contribution in [-0.4, -0.2) is 26.6 Å². The Bertz CT molecular complexity index is 1020. The van der Waals surface area contributed by atoms with Crippen LogP contribution in [0.2, 0.25) is 5.02 Å². The maximum Gasteiger partial charge on any atom is 0.255 e. The number of nitrogens with one attached hydrogen (secondary N) is 2. The lowest BCUT2D eigenvalue weighted by atomic mass is 10.1. The summed E-state index contributed by atoms with van der Waals surface area (Å²) in [5.74, 6) is -1.13. The van der Waals surface area contributed by atoms with E-state index in [2.05, 4.69) is 20.7 Å². The zero-order valence-corrected chi connectivity index (χ0v) is 16.4. The number of amides is 2. The van der Waals surface area contributed by atoms with E-state index in [0.29, 0.717) is 30.6 Å². The Labute approximate surface area is 171 Å². The third kappa shape index (κ3) is 5.61. The van der Waals surface area contributed by atoms with E-state index in [-0.39, 0.29) is 16.6 Å². The van der Waals surface area contributed by atoms with E-state index in [9.17, 15) is 14.0 Å². The average Bonchev–Trinajstić information content (AvgIpc) is 3.20. The Hall–Kier alpha value is -3.26. The Morgan fingerprint density at radius 2 is 1.97 bits per heavy atom. The molecule has 0 fully saturated rings. The predicted octanol–water partition coefficient (Wildman–Crippen LogP) is 4.05. The molecule has 0 bridgehead atoms. The standard InChI is InChI=1S/C20H19ClFN5O2/c1-13-4-5-14(20(29)26-18-10-15(22)6-7-16(18)21)9-17(13)25-19(28)3-2-8-27-12-23-11-24-27/h4-7,9-12H,2-3,8H2,1H3,(H,25,28)(H,26,29). The van der Waals surface area contributed by atoms with Crippen LogP contribution in [0.25, 0.3) is 0 Å². The minimum absolute atomic E-state index is 0.168. The number of aryl methyl sites for hydroxylation is 2. The van der Waals surface area contributed by atoms with E-state index in [0.717, 1.165) is 11.6 Å². The molecule has 3 aromatic rings. The van der Waals surface area contributed by atoms with Crippen LogP contribution in [0.15, 0.2) is 49.1 Å². The molecule has 0 saturated carbocycles. The fourth-order valence-electron chi connectivity index (χ4n) is 2.65. The first kappa shape index (κ1) is 20.5. The average molecular weight is 416 g/mol. The van der Waals surface area contributed by atoms with Crippen LogP contribution in [0, 0.1) is 12.7 Å². The van der Waals surface area contributed by atoms with Crippen molar-refractivity contribution in [3.8, 4) is 0 Å². The van der Waals surface area contributed by atoms with Crippen molar-refractivity contribution < 1.29 is 14.0 Å². The van der Waals surface area contributed by atoms with Gasteiger partial charge < -0.3 is 10.6 Å². The van der Waals surface area contributed by atoms with Gasteiger partial charge in [-0.15, -0.1) is 0 Å². The van der Waals surface area contributed by atoms with Crippen molar-refractivity contribution in [1.29, 1.82) is 0 Å². The van der Waals surface area contributed by atoms with Crippen LogP contribution < -0.4 is 10.6 Å². The molecule has 0 saturated heterocycles. The highest BCUT2D eigenvalue weighted by molar-refractivity contribution is 6.33. The molecule has 1 aromatic heterocycles. The summed E-state index contributed by atoms with van der Waals surface area (Å²) < 4.78 is 15.0.